The fourth-order valence-corrected chi connectivity index (χ4v) is 4.77. The molecule has 0 aliphatic carbocycles. The Bertz CT molecular complexity index is 887. The summed E-state index contributed by atoms with van der Waals surface area (Å²) in [6.45, 7) is 5.71. The van der Waals surface area contributed by atoms with Gasteiger partial charge in [-0.3, -0.25) is 14.6 Å². The maximum atomic E-state index is 12.9. The highest BCUT2D eigenvalue weighted by Crippen LogP contribution is 2.34. The van der Waals surface area contributed by atoms with E-state index in [9.17, 15) is 18.0 Å². The maximum absolute atomic E-state index is 12.9. The SMILES string of the molecule is CC(C)NC(=O)N1CC2CCC(CNC(=O)CCS(C)(=O)=O)N2Cc2ccccc21. The average molecular weight is 437 g/mol. The normalized spacial score (nSPS) is 21.7. The number of benzene rings is 1. The predicted molar refractivity (Wildman–Crippen MR) is 117 cm³/mol. The molecule has 0 spiro atoms. The van der Waals surface area contributed by atoms with Crippen LogP contribution in [0.1, 0.15) is 38.7 Å². The van der Waals surface area contributed by atoms with Gasteiger partial charge in [-0.1, -0.05) is 18.2 Å². The number of nitrogens with zero attached hydrogens (tertiary/aromatic N) is 2. The lowest BCUT2D eigenvalue weighted by molar-refractivity contribution is -0.120. The van der Waals surface area contributed by atoms with Crippen LogP contribution in [-0.2, 0) is 21.2 Å². The molecule has 2 aliphatic heterocycles. The third-order valence-electron chi connectivity index (χ3n) is 5.69. The molecule has 2 atom stereocenters. The Labute approximate surface area is 178 Å². The zero-order valence-electron chi connectivity index (χ0n) is 17.9. The van der Waals surface area contributed by atoms with Gasteiger partial charge in [-0.15, -0.1) is 0 Å². The number of nitrogens with one attached hydrogen (secondary N) is 2. The second-order valence-corrected chi connectivity index (χ2v) is 10.8. The summed E-state index contributed by atoms with van der Waals surface area (Å²) in [5.74, 6) is -0.375. The van der Waals surface area contributed by atoms with Crippen molar-refractivity contribution in [2.45, 2.75) is 57.8 Å². The van der Waals surface area contributed by atoms with Crippen molar-refractivity contribution < 1.29 is 18.0 Å². The van der Waals surface area contributed by atoms with Gasteiger partial charge in [-0.05, 0) is 38.3 Å². The van der Waals surface area contributed by atoms with Crippen molar-refractivity contribution in [2.75, 3.05) is 30.0 Å². The van der Waals surface area contributed by atoms with E-state index in [0.29, 0.717) is 13.1 Å². The van der Waals surface area contributed by atoms with Gasteiger partial charge in [0.25, 0.3) is 0 Å². The number of para-hydroxylation sites is 1. The minimum absolute atomic E-state index is 0.0129. The van der Waals surface area contributed by atoms with E-state index < -0.39 is 9.84 Å². The van der Waals surface area contributed by atoms with Gasteiger partial charge in [-0.25, -0.2) is 13.2 Å². The molecule has 30 heavy (non-hydrogen) atoms. The first-order chi connectivity index (χ1) is 14.1. The number of sulfone groups is 1. The highest BCUT2D eigenvalue weighted by atomic mass is 32.2. The van der Waals surface area contributed by atoms with Crippen LogP contribution >= 0.6 is 0 Å². The zero-order chi connectivity index (χ0) is 21.9. The highest BCUT2D eigenvalue weighted by molar-refractivity contribution is 7.90. The molecule has 1 aromatic carbocycles. The van der Waals surface area contributed by atoms with Gasteiger partial charge in [0, 0.05) is 56.1 Å². The maximum Gasteiger partial charge on any atom is 0.322 e. The smallest absolute Gasteiger partial charge is 0.322 e. The first kappa shape index (κ1) is 22.6. The van der Waals surface area contributed by atoms with Crippen LogP contribution in [0.3, 0.4) is 0 Å². The van der Waals surface area contributed by atoms with Crippen molar-refractivity contribution in [1.29, 1.82) is 0 Å². The summed E-state index contributed by atoms with van der Waals surface area (Å²) in [6.07, 6.45) is 3.00. The highest BCUT2D eigenvalue weighted by Gasteiger charge is 2.38. The van der Waals surface area contributed by atoms with E-state index >= 15 is 0 Å². The van der Waals surface area contributed by atoms with Gasteiger partial charge in [0.1, 0.15) is 9.84 Å². The van der Waals surface area contributed by atoms with Crippen molar-refractivity contribution >= 4 is 27.5 Å². The van der Waals surface area contributed by atoms with E-state index in [1.54, 1.807) is 0 Å². The number of fused-ring (bicyclic) bond motifs is 2. The number of carbonyl (C=O) groups excluding carboxylic acids is 2. The second kappa shape index (κ2) is 9.34. The molecule has 166 valence electrons. The van der Waals surface area contributed by atoms with Gasteiger partial charge >= 0.3 is 6.03 Å². The number of carbonyl (C=O) groups is 2. The monoisotopic (exact) mass is 436 g/mol. The Morgan fingerprint density at radius 2 is 1.93 bits per heavy atom. The van der Waals surface area contributed by atoms with Gasteiger partial charge in [0.15, 0.2) is 0 Å². The van der Waals surface area contributed by atoms with Crippen LogP contribution in [0.5, 0.6) is 0 Å². The predicted octanol–water partition coefficient (Wildman–Crippen LogP) is 1.51. The molecule has 3 amide bonds. The zero-order valence-corrected chi connectivity index (χ0v) is 18.7. The molecule has 2 unspecified atom stereocenters. The molecule has 1 aromatic rings. The van der Waals surface area contributed by atoms with E-state index in [1.807, 2.05) is 43.0 Å². The van der Waals surface area contributed by atoms with Crippen LogP contribution in [0.25, 0.3) is 0 Å². The molecule has 2 heterocycles. The summed E-state index contributed by atoms with van der Waals surface area (Å²) in [5, 5.41) is 5.90. The van der Waals surface area contributed by atoms with Crippen LogP contribution in [-0.4, -0.2) is 68.5 Å². The average Bonchev–Trinajstić information content (AvgIpc) is 2.95. The lowest BCUT2D eigenvalue weighted by Crippen LogP contribution is -2.49. The lowest BCUT2D eigenvalue weighted by Gasteiger charge is -2.30. The summed E-state index contributed by atoms with van der Waals surface area (Å²) >= 11 is 0. The number of rotatable bonds is 6. The number of amides is 3. The molecule has 0 bridgehead atoms. The van der Waals surface area contributed by atoms with Crippen molar-refractivity contribution in [1.82, 2.24) is 15.5 Å². The molecule has 8 nitrogen and oxygen atoms in total. The summed E-state index contributed by atoms with van der Waals surface area (Å²) in [6, 6.07) is 8.32. The summed E-state index contributed by atoms with van der Waals surface area (Å²) < 4.78 is 22.5. The van der Waals surface area contributed by atoms with Crippen molar-refractivity contribution in [3.63, 3.8) is 0 Å². The lowest BCUT2D eigenvalue weighted by atomic mass is 10.1. The van der Waals surface area contributed by atoms with Crippen molar-refractivity contribution in [3.05, 3.63) is 29.8 Å². The van der Waals surface area contributed by atoms with E-state index in [0.717, 1.165) is 36.9 Å². The van der Waals surface area contributed by atoms with Crippen molar-refractivity contribution in [2.24, 2.45) is 0 Å². The molecule has 2 N–H and O–H groups in total. The second-order valence-electron chi connectivity index (χ2n) is 8.58. The van der Waals surface area contributed by atoms with Gasteiger partial charge < -0.3 is 10.6 Å². The van der Waals surface area contributed by atoms with Crippen LogP contribution in [0.2, 0.25) is 0 Å². The summed E-state index contributed by atoms with van der Waals surface area (Å²) in [4.78, 5) is 29.1. The molecule has 2 aliphatic rings. The molecular formula is C21H32N4O4S. The Morgan fingerprint density at radius 3 is 2.63 bits per heavy atom. The molecule has 1 fully saturated rings. The number of anilines is 1. The third kappa shape index (κ3) is 5.72. The van der Waals surface area contributed by atoms with Crippen molar-refractivity contribution in [3.8, 4) is 0 Å². The number of urea groups is 1. The van der Waals surface area contributed by atoms with E-state index in [4.69, 9.17) is 0 Å². The van der Waals surface area contributed by atoms with Crippen LogP contribution in [0, 0.1) is 0 Å². The van der Waals surface area contributed by atoms with E-state index in [1.165, 1.54) is 0 Å². The standard InChI is InChI=1S/C21H32N4O4S/c1-15(2)23-21(27)25-14-18-9-8-17(12-22-20(26)10-11-30(3,28)29)24(18)13-16-6-4-5-7-19(16)25/h4-7,15,17-18H,8-14H2,1-3H3,(H,22,26)(H,23,27). The summed E-state index contributed by atoms with van der Waals surface area (Å²) in [7, 11) is -3.15. The minimum Gasteiger partial charge on any atom is -0.355 e. The van der Waals surface area contributed by atoms with Crippen LogP contribution in [0.15, 0.2) is 24.3 Å². The molecule has 3 rings (SSSR count). The largest absolute Gasteiger partial charge is 0.355 e. The van der Waals surface area contributed by atoms with E-state index in [2.05, 4.69) is 15.5 Å². The van der Waals surface area contributed by atoms with Gasteiger partial charge in [-0.2, -0.15) is 0 Å². The number of hydrogen-bond acceptors (Lipinski definition) is 5. The minimum atomic E-state index is -3.15. The van der Waals surface area contributed by atoms with Gasteiger partial charge in [0.05, 0.1) is 5.75 Å². The first-order valence-electron chi connectivity index (χ1n) is 10.5. The fourth-order valence-electron chi connectivity index (χ4n) is 4.22. The molecule has 0 aromatic heterocycles. The molecular weight excluding hydrogens is 404 g/mol. The quantitative estimate of drug-likeness (QED) is 0.704. The Balaban J connectivity index is 1.69. The van der Waals surface area contributed by atoms with Crippen LogP contribution < -0.4 is 15.5 Å². The molecule has 1 saturated heterocycles. The molecule has 0 saturated carbocycles. The topological polar surface area (TPSA) is 98.8 Å². The Kier molecular flexibility index (Phi) is 7.02. The third-order valence-corrected chi connectivity index (χ3v) is 6.64. The Morgan fingerprint density at radius 1 is 1.20 bits per heavy atom. The summed E-state index contributed by atoms with van der Waals surface area (Å²) in [5.41, 5.74) is 2.02. The first-order valence-corrected chi connectivity index (χ1v) is 12.6. The van der Waals surface area contributed by atoms with E-state index in [-0.39, 0.29) is 42.2 Å². The van der Waals surface area contributed by atoms with Gasteiger partial charge in [0.2, 0.25) is 5.91 Å². The van der Waals surface area contributed by atoms with Crippen LogP contribution in [0.4, 0.5) is 10.5 Å². The fraction of sp³-hybridized carbons (Fsp3) is 0.619. The molecule has 0 radical (unpaired) electrons. The number of hydrogen-bond donors (Lipinski definition) is 2. The molecule has 9 heteroatoms. The Hall–Kier alpha value is -2.13.